The first-order valence-corrected chi connectivity index (χ1v) is 30.7. The van der Waals surface area contributed by atoms with E-state index in [1.165, 1.54) is 27.8 Å². The van der Waals surface area contributed by atoms with Crippen molar-refractivity contribution in [1.82, 2.24) is 0 Å². The van der Waals surface area contributed by atoms with E-state index in [1.807, 2.05) is 90.6 Å². The number of hydrogen-bond acceptors (Lipinski definition) is 3. The summed E-state index contributed by atoms with van der Waals surface area (Å²) in [5.41, 5.74) is 18.6. The van der Waals surface area contributed by atoms with Crippen LogP contribution < -0.4 is 0 Å². The number of hydrogen-bond donors (Lipinski definition) is 0. The molecule has 81 heavy (non-hydrogen) atoms. The van der Waals surface area contributed by atoms with Crippen LogP contribution >= 0.6 is 31.9 Å². The number of fused-ring (bicyclic) bond motifs is 2. The predicted molar refractivity (Wildman–Crippen MR) is 344 cm³/mol. The standard InChI is InChI=1S/C75H64Br2O3Si/c1-72(2)51-75(6,66-32-22-31-60(71(66)77)39-36-55-27-18-12-19-28-55)69-63(59(41-44-65(69)72)38-35-54-25-16-11-17-26-54)42-43-64-68-67(50-61(70(64)76)40-37-56-29-20-13-21-30-56)74(5,52-73(68,3)4)62-48-57(34-33-53-23-14-10-15-24-53)47-58(49-62)45-46-81(78-7,79-8)80-9/h10-32,41-50H,51-52H2,1-9H3. The van der Waals surface area contributed by atoms with Crippen LogP contribution in [0.4, 0.5) is 0 Å². The lowest BCUT2D eigenvalue weighted by Crippen LogP contribution is -2.40. The summed E-state index contributed by atoms with van der Waals surface area (Å²) in [4.78, 5) is 0. The summed E-state index contributed by atoms with van der Waals surface area (Å²) in [5, 5.41) is 0. The maximum absolute atomic E-state index is 5.85. The van der Waals surface area contributed by atoms with E-state index in [2.05, 4.69) is 230 Å². The highest BCUT2D eigenvalue weighted by atomic mass is 79.9. The largest absolute Gasteiger partial charge is 0.528 e. The maximum atomic E-state index is 5.85. The highest BCUT2D eigenvalue weighted by molar-refractivity contribution is 9.11. The molecule has 2 aliphatic rings. The van der Waals surface area contributed by atoms with Crippen molar-refractivity contribution in [2.24, 2.45) is 0 Å². The van der Waals surface area contributed by atoms with Gasteiger partial charge in [-0.05, 0) is 190 Å². The third-order valence-corrected chi connectivity index (χ3v) is 20.1. The molecule has 0 radical (unpaired) electrons. The van der Waals surface area contributed by atoms with Crippen molar-refractivity contribution in [3.8, 4) is 47.4 Å². The molecule has 0 saturated heterocycles. The predicted octanol–water partition coefficient (Wildman–Crippen LogP) is 17.4. The molecule has 0 spiro atoms. The summed E-state index contributed by atoms with van der Waals surface area (Å²) < 4.78 is 19.5. The summed E-state index contributed by atoms with van der Waals surface area (Å²) in [7, 11) is 1.80. The van der Waals surface area contributed by atoms with Crippen LogP contribution in [0, 0.1) is 47.4 Å². The van der Waals surface area contributed by atoms with Crippen LogP contribution in [0.1, 0.15) is 149 Å². The smallest absolute Gasteiger partial charge is 0.374 e. The molecule has 0 saturated carbocycles. The van der Waals surface area contributed by atoms with Crippen molar-refractivity contribution in [2.75, 3.05) is 21.3 Å². The Morgan fingerprint density at radius 2 is 0.889 bits per heavy atom. The number of halogens is 2. The van der Waals surface area contributed by atoms with Gasteiger partial charge in [-0.15, -0.1) is 0 Å². The van der Waals surface area contributed by atoms with Gasteiger partial charge in [0.25, 0.3) is 0 Å². The third-order valence-electron chi connectivity index (χ3n) is 16.1. The fourth-order valence-electron chi connectivity index (χ4n) is 12.4. The Morgan fingerprint density at radius 3 is 1.44 bits per heavy atom. The van der Waals surface area contributed by atoms with Gasteiger partial charge < -0.3 is 13.3 Å². The van der Waals surface area contributed by atoms with Crippen molar-refractivity contribution < 1.29 is 13.3 Å². The first-order chi connectivity index (χ1) is 39.0. The zero-order valence-corrected chi connectivity index (χ0v) is 51.6. The van der Waals surface area contributed by atoms with Crippen molar-refractivity contribution >= 4 is 58.9 Å². The second kappa shape index (κ2) is 23.6. The second-order valence-corrected chi connectivity index (χ2v) is 27.0. The van der Waals surface area contributed by atoms with Gasteiger partial charge in [-0.2, -0.15) is 0 Å². The quantitative estimate of drug-likeness (QED) is 0.0819. The van der Waals surface area contributed by atoms with Crippen molar-refractivity contribution in [1.29, 1.82) is 0 Å². The average Bonchev–Trinajstić information content (AvgIpc) is 4.11. The second-order valence-electron chi connectivity index (χ2n) is 22.7. The van der Waals surface area contributed by atoms with Crippen LogP contribution in [-0.4, -0.2) is 30.1 Å². The maximum Gasteiger partial charge on any atom is 0.528 e. The molecule has 400 valence electrons. The minimum atomic E-state index is -3.08. The summed E-state index contributed by atoms with van der Waals surface area (Å²) in [6, 6.07) is 60.9. The fraction of sp³-hybridized carbons (Fsp3) is 0.200. The summed E-state index contributed by atoms with van der Waals surface area (Å²) in [6.45, 7) is 14.3. The molecule has 0 heterocycles. The van der Waals surface area contributed by atoms with E-state index in [0.29, 0.717) is 0 Å². The van der Waals surface area contributed by atoms with E-state index in [1.54, 1.807) is 21.3 Å². The van der Waals surface area contributed by atoms with Gasteiger partial charge in [-0.1, -0.05) is 204 Å². The minimum Gasteiger partial charge on any atom is -0.374 e. The Kier molecular flexibility index (Phi) is 16.5. The van der Waals surface area contributed by atoms with E-state index in [4.69, 9.17) is 13.3 Å². The summed E-state index contributed by atoms with van der Waals surface area (Å²) in [6.07, 6.45) is 8.45. The van der Waals surface area contributed by atoms with E-state index in [9.17, 15) is 0 Å². The van der Waals surface area contributed by atoms with Crippen LogP contribution in [0.2, 0.25) is 0 Å². The van der Waals surface area contributed by atoms with E-state index in [-0.39, 0.29) is 10.8 Å². The number of rotatable bonds is 9. The highest BCUT2D eigenvalue weighted by Crippen LogP contribution is 2.58. The van der Waals surface area contributed by atoms with E-state index in [0.717, 1.165) is 88.5 Å². The first kappa shape index (κ1) is 56.8. The van der Waals surface area contributed by atoms with Gasteiger partial charge in [-0.3, -0.25) is 0 Å². The zero-order valence-electron chi connectivity index (χ0n) is 47.4. The van der Waals surface area contributed by atoms with E-state index < -0.39 is 19.6 Å². The SMILES string of the molecule is CO[Si](C=Cc1cc(C#Cc2ccccc2)cc(C2(C)CC(C)(C)c3c2cc(C#Cc2ccccc2)c(Br)c3C=Cc2c(C#Cc3ccccc3)ccc3c2C(C)(c2cccc(C#Cc4ccccc4)c2Br)CC3(C)C)c1)(OC)OC. The van der Waals surface area contributed by atoms with Crippen LogP contribution in [0.25, 0.3) is 18.2 Å². The third kappa shape index (κ3) is 11.7. The molecule has 0 amide bonds. The molecule has 2 unspecified atom stereocenters. The molecule has 6 heteroatoms. The Hall–Kier alpha value is -7.46. The molecule has 0 fully saturated rings. The Labute approximate surface area is 498 Å². The van der Waals surface area contributed by atoms with Crippen LogP contribution in [-0.2, 0) is 34.9 Å². The average molecular weight is 1200 g/mol. The van der Waals surface area contributed by atoms with Crippen LogP contribution in [0.15, 0.2) is 191 Å². The molecule has 10 rings (SSSR count). The molecule has 3 nitrogen and oxygen atoms in total. The molecule has 0 aliphatic heterocycles. The van der Waals surface area contributed by atoms with Crippen molar-refractivity contribution in [3.63, 3.8) is 0 Å². The molecule has 2 atom stereocenters. The molecule has 0 N–H and O–H groups in total. The molecule has 8 aromatic rings. The molecular formula is C75H64Br2O3Si. The molecular weight excluding hydrogens is 1140 g/mol. The first-order valence-electron chi connectivity index (χ1n) is 27.3. The Balaban J connectivity index is 1.21. The van der Waals surface area contributed by atoms with Crippen molar-refractivity contribution in [2.45, 2.75) is 76.0 Å². The van der Waals surface area contributed by atoms with Gasteiger partial charge >= 0.3 is 8.80 Å². The van der Waals surface area contributed by atoms with Gasteiger partial charge in [0, 0.05) is 85.6 Å². The number of benzene rings is 8. The van der Waals surface area contributed by atoms with E-state index >= 15 is 0 Å². The molecule has 8 aromatic carbocycles. The lowest BCUT2D eigenvalue weighted by molar-refractivity contribution is 0.139. The molecule has 0 aromatic heterocycles. The zero-order chi connectivity index (χ0) is 57.0. The van der Waals surface area contributed by atoms with Gasteiger partial charge in [0.1, 0.15) is 0 Å². The fourth-order valence-corrected chi connectivity index (χ4v) is 15.1. The summed E-state index contributed by atoms with van der Waals surface area (Å²) in [5.74, 6) is 28.3. The van der Waals surface area contributed by atoms with Crippen LogP contribution in [0.5, 0.6) is 0 Å². The van der Waals surface area contributed by atoms with Gasteiger partial charge in [-0.25, -0.2) is 0 Å². The molecule has 0 bridgehead atoms. The normalized spacial score (nSPS) is 17.4. The van der Waals surface area contributed by atoms with Gasteiger partial charge in [0.2, 0.25) is 0 Å². The van der Waals surface area contributed by atoms with Gasteiger partial charge in [0.15, 0.2) is 0 Å². The summed E-state index contributed by atoms with van der Waals surface area (Å²) >= 11 is 8.42. The minimum absolute atomic E-state index is 0.170. The lowest BCUT2D eigenvalue weighted by Gasteiger charge is -2.31. The molecule has 2 aliphatic carbocycles. The Morgan fingerprint density at radius 1 is 0.395 bits per heavy atom. The lowest BCUT2D eigenvalue weighted by atomic mass is 9.73. The Bertz CT molecular complexity index is 4010. The highest BCUT2D eigenvalue weighted by Gasteiger charge is 2.50. The van der Waals surface area contributed by atoms with Gasteiger partial charge in [0.05, 0.1) is 0 Å². The van der Waals surface area contributed by atoms with Crippen LogP contribution in [0.3, 0.4) is 0 Å². The topological polar surface area (TPSA) is 27.7 Å². The van der Waals surface area contributed by atoms with Crippen molar-refractivity contribution in [3.05, 3.63) is 285 Å². The monoisotopic (exact) mass is 1200 g/mol.